The first-order valence-electron chi connectivity index (χ1n) is 7.95. The minimum absolute atomic E-state index is 0.208. The topological polar surface area (TPSA) is 44.5 Å². The van der Waals surface area contributed by atoms with Gasteiger partial charge in [-0.1, -0.05) is 26.8 Å². The molecule has 0 aromatic heterocycles. The van der Waals surface area contributed by atoms with Crippen LogP contribution >= 0.6 is 0 Å². The Morgan fingerprint density at radius 3 is 2.52 bits per heavy atom. The third kappa shape index (κ3) is 4.13. The van der Waals surface area contributed by atoms with Gasteiger partial charge in [-0.15, -0.1) is 0 Å². The van der Waals surface area contributed by atoms with Gasteiger partial charge >= 0.3 is 0 Å². The van der Waals surface area contributed by atoms with Crippen molar-refractivity contribution in [3.05, 3.63) is 24.3 Å². The molecule has 2 rings (SSSR count). The molecule has 0 spiro atoms. The molecule has 2 N–H and O–H groups in total. The Bertz CT molecular complexity index is 453. The van der Waals surface area contributed by atoms with E-state index in [0.29, 0.717) is 23.8 Å². The Labute approximate surface area is 128 Å². The van der Waals surface area contributed by atoms with Crippen LogP contribution in [0.3, 0.4) is 0 Å². The van der Waals surface area contributed by atoms with Gasteiger partial charge in [-0.25, -0.2) is 0 Å². The van der Waals surface area contributed by atoms with E-state index in [1.807, 2.05) is 24.3 Å². The number of methoxy groups -OCH3 is 1. The third-order valence-electron chi connectivity index (χ3n) is 4.78. The maximum absolute atomic E-state index is 6.27. The second-order valence-electron chi connectivity index (χ2n) is 7.21. The Kier molecular flexibility index (Phi) is 5.15. The molecule has 1 aromatic rings. The van der Waals surface area contributed by atoms with Gasteiger partial charge in [0.2, 0.25) is 0 Å². The van der Waals surface area contributed by atoms with Gasteiger partial charge in [0.1, 0.15) is 17.6 Å². The fourth-order valence-electron chi connectivity index (χ4n) is 3.24. The highest BCUT2D eigenvalue weighted by Crippen LogP contribution is 2.41. The molecule has 3 atom stereocenters. The first-order chi connectivity index (χ1) is 9.94. The van der Waals surface area contributed by atoms with Crippen LogP contribution in [0.25, 0.3) is 0 Å². The van der Waals surface area contributed by atoms with Crippen LogP contribution in [0.2, 0.25) is 0 Å². The van der Waals surface area contributed by atoms with E-state index in [2.05, 4.69) is 20.8 Å². The summed E-state index contributed by atoms with van der Waals surface area (Å²) in [6, 6.07) is 7.85. The van der Waals surface area contributed by atoms with E-state index in [1.165, 1.54) is 6.42 Å². The quantitative estimate of drug-likeness (QED) is 0.916. The minimum Gasteiger partial charge on any atom is -0.497 e. The van der Waals surface area contributed by atoms with Gasteiger partial charge in [-0.2, -0.15) is 0 Å². The lowest BCUT2D eigenvalue weighted by atomic mass is 9.68. The van der Waals surface area contributed by atoms with E-state index in [9.17, 15) is 0 Å². The zero-order chi connectivity index (χ0) is 15.5. The number of ether oxygens (including phenoxy) is 2. The number of nitrogens with two attached hydrogens (primary N) is 1. The molecule has 21 heavy (non-hydrogen) atoms. The van der Waals surface area contributed by atoms with Gasteiger partial charge in [-0.05, 0) is 49.3 Å². The molecule has 1 aromatic carbocycles. The number of rotatable bonds is 4. The van der Waals surface area contributed by atoms with Crippen LogP contribution in [-0.2, 0) is 0 Å². The highest BCUT2D eigenvalue weighted by atomic mass is 16.5. The lowest BCUT2D eigenvalue weighted by molar-refractivity contribution is 0.0330. The molecule has 118 valence electrons. The zero-order valence-electron chi connectivity index (χ0n) is 13.8. The second-order valence-corrected chi connectivity index (χ2v) is 7.21. The molecule has 3 unspecified atom stereocenters. The van der Waals surface area contributed by atoms with E-state index in [-0.39, 0.29) is 6.10 Å². The van der Waals surface area contributed by atoms with Crippen molar-refractivity contribution in [3.63, 3.8) is 0 Å². The Morgan fingerprint density at radius 1 is 1.19 bits per heavy atom. The lowest BCUT2D eigenvalue weighted by Gasteiger charge is -2.41. The summed E-state index contributed by atoms with van der Waals surface area (Å²) in [5.41, 5.74) is 6.28. The van der Waals surface area contributed by atoms with Crippen molar-refractivity contribution in [2.75, 3.05) is 13.7 Å². The summed E-state index contributed by atoms with van der Waals surface area (Å²) in [6.07, 6.45) is 3.71. The molecule has 1 aliphatic rings. The predicted molar refractivity (Wildman–Crippen MR) is 86.8 cm³/mol. The molecule has 0 radical (unpaired) electrons. The highest BCUT2D eigenvalue weighted by molar-refractivity contribution is 5.33. The van der Waals surface area contributed by atoms with Crippen LogP contribution in [0.5, 0.6) is 11.5 Å². The summed E-state index contributed by atoms with van der Waals surface area (Å²) in [7, 11) is 1.68. The van der Waals surface area contributed by atoms with E-state index in [4.69, 9.17) is 15.2 Å². The summed E-state index contributed by atoms with van der Waals surface area (Å²) in [6.45, 7) is 7.67. The smallest absolute Gasteiger partial charge is 0.123 e. The average Bonchev–Trinajstić information content (AvgIpc) is 2.46. The maximum atomic E-state index is 6.27. The molecule has 0 heterocycles. The van der Waals surface area contributed by atoms with Crippen molar-refractivity contribution < 1.29 is 9.47 Å². The fourth-order valence-corrected chi connectivity index (χ4v) is 3.24. The molecule has 1 saturated carbocycles. The SMILES string of the molecule is COc1cccc(OC2CC(C(C)(C)C)CCC2CN)c1. The van der Waals surface area contributed by atoms with E-state index < -0.39 is 0 Å². The largest absolute Gasteiger partial charge is 0.497 e. The van der Waals surface area contributed by atoms with Gasteiger partial charge in [0.25, 0.3) is 0 Å². The Hall–Kier alpha value is -1.22. The zero-order valence-corrected chi connectivity index (χ0v) is 13.8. The van der Waals surface area contributed by atoms with Crippen LogP contribution in [0.1, 0.15) is 40.0 Å². The van der Waals surface area contributed by atoms with Gasteiger partial charge in [0.05, 0.1) is 7.11 Å². The van der Waals surface area contributed by atoms with Crippen molar-refractivity contribution in [2.24, 2.45) is 23.0 Å². The molecule has 3 heteroatoms. The number of hydrogen-bond acceptors (Lipinski definition) is 3. The van der Waals surface area contributed by atoms with E-state index in [0.717, 1.165) is 24.3 Å². The number of hydrogen-bond donors (Lipinski definition) is 1. The Morgan fingerprint density at radius 2 is 1.90 bits per heavy atom. The van der Waals surface area contributed by atoms with Crippen LogP contribution in [0, 0.1) is 17.3 Å². The third-order valence-corrected chi connectivity index (χ3v) is 4.78. The summed E-state index contributed by atoms with van der Waals surface area (Å²) in [5.74, 6) is 2.86. The Balaban J connectivity index is 2.10. The van der Waals surface area contributed by atoms with Gasteiger partial charge < -0.3 is 15.2 Å². The first-order valence-corrected chi connectivity index (χ1v) is 7.95. The van der Waals surface area contributed by atoms with E-state index in [1.54, 1.807) is 7.11 Å². The van der Waals surface area contributed by atoms with Crippen LogP contribution in [-0.4, -0.2) is 19.8 Å². The first kappa shape index (κ1) is 16.2. The lowest BCUT2D eigenvalue weighted by Crippen LogP contribution is -2.41. The standard InChI is InChI=1S/C18H29NO2/c1-18(2,3)14-9-8-13(12-19)17(10-14)21-16-7-5-6-15(11-16)20-4/h5-7,11,13-14,17H,8-10,12,19H2,1-4H3. The van der Waals surface area contributed by atoms with Gasteiger partial charge in [-0.3, -0.25) is 0 Å². The molecule has 3 nitrogen and oxygen atoms in total. The minimum atomic E-state index is 0.208. The molecule has 0 saturated heterocycles. The van der Waals surface area contributed by atoms with Crippen LogP contribution in [0.15, 0.2) is 24.3 Å². The summed E-state index contributed by atoms with van der Waals surface area (Å²) in [4.78, 5) is 0. The summed E-state index contributed by atoms with van der Waals surface area (Å²) >= 11 is 0. The molecular weight excluding hydrogens is 262 g/mol. The van der Waals surface area contributed by atoms with Crippen molar-refractivity contribution in [1.82, 2.24) is 0 Å². The van der Waals surface area contributed by atoms with Crippen molar-refractivity contribution >= 4 is 0 Å². The predicted octanol–water partition coefficient (Wildman–Crippen LogP) is 3.86. The molecular formula is C18H29NO2. The molecule has 0 amide bonds. The normalized spacial score (nSPS) is 26.4. The van der Waals surface area contributed by atoms with Crippen LogP contribution in [0.4, 0.5) is 0 Å². The van der Waals surface area contributed by atoms with Crippen molar-refractivity contribution in [1.29, 1.82) is 0 Å². The number of benzene rings is 1. The fraction of sp³-hybridized carbons (Fsp3) is 0.667. The summed E-state index contributed by atoms with van der Waals surface area (Å²) < 4.78 is 11.5. The molecule has 1 aliphatic carbocycles. The van der Waals surface area contributed by atoms with E-state index >= 15 is 0 Å². The molecule has 0 bridgehead atoms. The van der Waals surface area contributed by atoms with Gasteiger partial charge in [0.15, 0.2) is 0 Å². The maximum Gasteiger partial charge on any atom is 0.123 e. The van der Waals surface area contributed by atoms with Crippen molar-refractivity contribution in [3.8, 4) is 11.5 Å². The summed E-state index contributed by atoms with van der Waals surface area (Å²) in [5, 5.41) is 0. The average molecular weight is 291 g/mol. The second kappa shape index (κ2) is 6.69. The highest BCUT2D eigenvalue weighted by Gasteiger charge is 2.36. The molecule has 1 fully saturated rings. The van der Waals surface area contributed by atoms with Gasteiger partial charge in [0, 0.05) is 12.0 Å². The molecule has 0 aliphatic heterocycles. The van der Waals surface area contributed by atoms with Crippen LogP contribution < -0.4 is 15.2 Å². The monoisotopic (exact) mass is 291 g/mol. The van der Waals surface area contributed by atoms with Crippen molar-refractivity contribution in [2.45, 2.75) is 46.1 Å².